The molecule has 1 aliphatic rings. The van der Waals surface area contributed by atoms with E-state index in [0.29, 0.717) is 11.8 Å². The van der Waals surface area contributed by atoms with Gasteiger partial charge in [-0.3, -0.25) is 4.79 Å². The van der Waals surface area contributed by atoms with Gasteiger partial charge in [-0.1, -0.05) is 26.7 Å². The molecule has 0 heterocycles. The van der Waals surface area contributed by atoms with Gasteiger partial charge in [0.2, 0.25) is 0 Å². The lowest BCUT2D eigenvalue weighted by molar-refractivity contribution is -0.158. The van der Waals surface area contributed by atoms with Gasteiger partial charge >= 0.3 is 5.97 Å². The molecule has 0 aromatic heterocycles. The number of hydrogen-bond donors (Lipinski definition) is 1. The highest BCUT2D eigenvalue weighted by atomic mass is 16.5. The van der Waals surface area contributed by atoms with Crippen LogP contribution in [-0.4, -0.2) is 23.8 Å². The molecule has 0 bridgehead atoms. The van der Waals surface area contributed by atoms with E-state index < -0.39 is 11.5 Å². The molecule has 0 spiro atoms. The lowest BCUT2D eigenvalue weighted by atomic mass is 9.70. The zero-order valence-corrected chi connectivity index (χ0v) is 11.5. The van der Waals surface area contributed by atoms with Crippen LogP contribution in [0.25, 0.3) is 0 Å². The summed E-state index contributed by atoms with van der Waals surface area (Å²) in [6, 6.07) is 0. The molecule has 1 aliphatic carbocycles. The van der Waals surface area contributed by atoms with E-state index in [0.717, 1.165) is 25.7 Å². The molecule has 100 valence electrons. The highest BCUT2D eigenvalue weighted by Crippen LogP contribution is 2.40. The third-order valence-electron chi connectivity index (χ3n) is 4.03. The van der Waals surface area contributed by atoms with E-state index in [-0.39, 0.29) is 5.97 Å². The molecule has 3 nitrogen and oxygen atoms in total. The molecule has 3 atom stereocenters. The van der Waals surface area contributed by atoms with Gasteiger partial charge in [-0.05, 0) is 38.0 Å². The smallest absolute Gasteiger partial charge is 0.311 e. The van der Waals surface area contributed by atoms with Crippen LogP contribution >= 0.6 is 0 Å². The van der Waals surface area contributed by atoms with Gasteiger partial charge in [0.15, 0.2) is 0 Å². The summed E-state index contributed by atoms with van der Waals surface area (Å²) in [4.78, 5) is 11.6. The minimum atomic E-state index is -0.856. The van der Waals surface area contributed by atoms with Crippen LogP contribution in [0.3, 0.4) is 0 Å². The zero-order valence-electron chi connectivity index (χ0n) is 11.5. The number of aliphatic hydroxyl groups is 1. The number of carbonyl (C=O) groups excluding carboxylic acids is 1. The average molecular weight is 242 g/mol. The molecular formula is C14H26O3. The number of hydrogen-bond acceptors (Lipinski definition) is 3. The van der Waals surface area contributed by atoms with Crippen molar-refractivity contribution in [3.63, 3.8) is 0 Å². The fourth-order valence-electron chi connectivity index (χ4n) is 3.06. The molecule has 0 amide bonds. The molecule has 1 N–H and O–H groups in total. The molecule has 1 saturated carbocycles. The lowest BCUT2D eigenvalue weighted by Crippen LogP contribution is -2.45. The lowest BCUT2D eigenvalue weighted by Gasteiger charge is -2.40. The fraction of sp³-hybridized carbons (Fsp3) is 0.929. The second-order valence-electron chi connectivity index (χ2n) is 5.94. The van der Waals surface area contributed by atoms with Crippen molar-refractivity contribution in [2.75, 3.05) is 7.11 Å². The van der Waals surface area contributed by atoms with Crippen molar-refractivity contribution in [1.82, 2.24) is 0 Å². The first kappa shape index (κ1) is 14.5. The summed E-state index contributed by atoms with van der Waals surface area (Å²) in [6.45, 7) is 6.19. The predicted octanol–water partition coefficient (Wildman–Crippen LogP) is 2.76. The van der Waals surface area contributed by atoms with E-state index in [1.807, 2.05) is 0 Å². The molecule has 1 rings (SSSR count). The third-order valence-corrected chi connectivity index (χ3v) is 4.03. The monoisotopic (exact) mass is 242 g/mol. The largest absolute Gasteiger partial charge is 0.469 e. The second kappa shape index (κ2) is 5.85. The van der Waals surface area contributed by atoms with Crippen LogP contribution in [0.1, 0.15) is 52.9 Å². The van der Waals surface area contributed by atoms with Gasteiger partial charge in [0.05, 0.1) is 18.6 Å². The Morgan fingerprint density at radius 3 is 2.65 bits per heavy atom. The molecule has 0 aromatic carbocycles. The maximum atomic E-state index is 11.6. The van der Waals surface area contributed by atoms with Crippen LogP contribution < -0.4 is 0 Å². The number of methoxy groups -OCH3 is 1. The van der Waals surface area contributed by atoms with Crippen molar-refractivity contribution in [2.45, 2.75) is 58.5 Å². The zero-order chi connectivity index (χ0) is 13.1. The first-order valence-electron chi connectivity index (χ1n) is 6.69. The number of esters is 1. The van der Waals surface area contributed by atoms with E-state index in [1.165, 1.54) is 13.5 Å². The van der Waals surface area contributed by atoms with Gasteiger partial charge < -0.3 is 9.84 Å². The van der Waals surface area contributed by atoms with E-state index in [2.05, 4.69) is 13.8 Å². The van der Waals surface area contributed by atoms with Crippen LogP contribution in [0.2, 0.25) is 0 Å². The molecule has 0 aliphatic heterocycles. The van der Waals surface area contributed by atoms with Crippen molar-refractivity contribution >= 4 is 5.97 Å². The van der Waals surface area contributed by atoms with Gasteiger partial charge in [-0.25, -0.2) is 0 Å². The van der Waals surface area contributed by atoms with E-state index in [4.69, 9.17) is 4.74 Å². The van der Waals surface area contributed by atoms with Crippen molar-refractivity contribution in [3.8, 4) is 0 Å². The number of rotatable bonds is 4. The minimum Gasteiger partial charge on any atom is -0.469 e. The van der Waals surface area contributed by atoms with Gasteiger partial charge in [-0.15, -0.1) is 0 Å². The van der Waals surface area contributed by atoms with Gasteiger partial charge in [0.25, 0.3) is 0 Å². The Morgan fingerprint density at radius 1 is 1.47 bits per heavy atom. The topological polar surface area (TPSA) is 46.5 Å². The molecule has 3 heteroatoms. The fourth-order valence-corrected chi connectivity index (χ4v) is 3.06. The summed E-state index contributed by atoms with van der Waals surface area (Å²) in [5.41, 5.74) is -0.856. The van der Waals surface area contributed by atoms with E-state index in [1.54, 1.807) is 6.92 Å². The van der Waals surface area contributed by atoms with Crippen molar-refractivity contribution < 1.29 is 14.6 Å². The Bertz CT molecular complexity index is 262. The Kier molecular flexibility index (Phi) is 4.99. The second-order valence-corrected chi connectivity index (χ2v) is 5.94. The van der Waals surface area contributed by atoms with Crippen molar-refractivity contribution in [1.29, 1.82) is 0 Å². The summed E-state index contributed by atoms with van der Waals surface area (Å²) in [5.74, 6) is 0.483. The van der Waals surface area contributed by atoms with Crippen LogP contribution in [-0.2, 0) is 9.53 Å². The molecular weight excluding hydrogens is 216 g/mol. The molecule has 0 saturated heterocycles. The highest BCUT2D eigenvalue weighted by molar-refractivity contribution is 5.73. The Morgan fingerprint density at radius 2 is 2.12 bits per heavy atom. The Balaban J connectivity index is 2.65. The summed E-state index contributed by atoms with van der Waals surface area (Å²) in [7, 11) is 1.39. The molecule has 1 fully saturated rings. The van der Waals surface area contributed by atoms with Gasteiger partial charge in [0.1, 0.15) is 0 Å². The standard InChI is InChI=1S/C14H26O3/c1-10(2)8-12-6-5-7-14(16,9-12)11(3)13(15)17-4/h10-12,16H,5-9H2,1-4H3. The summed E-state index contributed by atoms with van der Waals surface area (Å²) < 4.78 is 4.75. The summed E-state index contributed by atoms with van der Waals surface area (Å²) in [6.07, 6.45) is 4.78. The van der Waals surface area contributed by atoms with Crippen molar-refractivity contribution in [3.05, 3.63) is 0 Å². The van der Waals surface area contributed by atoms with Crippen molar-refractivity contribution in [2.24, 2.45) is 17.8 Å². The maximum absolute atomic E-state index is 11.6. The summed E-state index contributed by atoms with van der Waals surface area (Å²) in [5, 5.41) is 10.6. The minimum absolute atomic E-state index is 0.294. The first-order chi connectivity index (χ1) is 7.89. The average Bonchev–Trinajstić information content (AvgIpc) is 2.26. The third kappa shape index (κ3) is 3.70. The quantitative estimate of drug-likeness (QED) is 0.771. The first-order valence-corrected chi connectivity index (χ1v) is 6.69. The van der Waals surface area contributed by atoms with Crippen LogP contribution in [0.4, 0.5) is 0 Å². The number of ether oxygens (including phenoxy) is 1. The normalized spacial score (nSPS) is 31.3. The molecule has 0 aromatic rings. The highest BCUT2D eigenvalue weighted by Gasteiger charge is 2.42. The molecule has 3 unspecified atom stereocenters. The molecule has 0 radical (unpaired) electrons. The maximum Gasteiger partial charge on any atom is 0.311 e. The SMILES string of the molecule is COC(=O)C(C)C1(O)CCCC(CC(C)C)C1. The predicted molar refractivity (Wildman–Crippen MR) is 67.5 cm³/mol. The Labute approximate surface area is 105 Å². The van der Waals surface area contributed by atoms with E-state index >= 15 is 0 Å². The van der Waals surface area contributed by atoms with E-state index in [9.17, 15) is 9.90 Å². The summed E-state index contributed by atoms with van der Waals surface area (Å²) >= 11 is 0. The molecule has 17 heavy (non-hydrogen) atoms. The number of carbonyl (C=O) groups is 1. The van der Waals surface area contributed by atoms with Crippen LogP contribution in [0.5, 0.6) is 0 Å². The van der Waals surface area contributed by atoms with Gasteiger partial charge in [0, 0.05) is 0 Å². The Hall–Kier alpha value is -0.570. The van der Waals surface area contributed by atoms with Crippen LogP contribution in [0, 0.1) is 17.8 Å². The van der Waals surface area contributed by atoms with Crippen LogP contribution in [0.15, 0.2) is 0 Å². The van der Waals surface area contributed by atoms with Gasteiger partial charge in [-0.2, -0.15) is 0 Å².